The molecule has 1 aromatic carbocycles. The van der Waals surface area contributed by atoms with Gasteiger partial charge in [-0.2, -0.15) is 0 Å². The highest BCUT2D eigenvalue weighted by Gasteiger charge is 2.23. The number of carbonyl (C=O) groups excluding carboxylic acids is 1. The Morgan fingerprint density at radius 1 is 1.32 bits per heavy atom. The van der Waals surface area contributed by atoms with Gasteiger partial charge in [0, 0.05) is 13.1 Å². The van der Waals surface area contributed by atoms with Crippen molar-refractivity contribution in [3.05, 3.63) is 29.8 Å². The zero-order chi connectivity index (χ0) is 14.3. The van der Waals surface area contributed by atoms with Crippen molar-refractivity contribution in [3.63, 3.8) is 0 Å². The highest BCUT2D eigenvalue weighted by molar-refractivity contribution is 5.73. The Morgan fingerprint density at radius 3 is 2.42 bits per heavy atom. The molecule has 0 heterocycles. The van der Waals surface area contributed by atoms with Gasteiger partial charge in [-0.05, 0) is 24.6 Å². The molecule has 0 spiro atoms. The highest BCUT2D eigenvalue weighted by Crippen LogP contribution is 2.11. The van der Waals surface area contributed by atoms with Gasteiger partial charge < -0.3 is 19.9 Å². The molecule has 0 bridgehead atoms. The van der Waals surface area contributed by atoms with Crippen LogP contribution >= 0.6 is 0 Å². The SMILES string of the molecule is COC(=O)[C@H](CNCc1ccc(OC)cc1)[C@H](C)O. The lowest BCUT2D eigenvalue weighted by molar-refractivity contribution is -0.148. The topological polar surface area (TPSA) is 67.8 Å². The second-order valence-electron chi connectivity index (χ2n) is 4.35. The van der Waals surface area contributed by atoms with Gasteiger partial charge in [-0.3, -0.25) is 4.79 Å². The van der Waals surface area contributed by atoms with E-state index in [9.17, 15) is 9.90 Å². The van der Waals surface area contributed by atoms with E-state index >= 15 is 0 Å². The maximum Gasteiger partial charge on any atom is 0.312 e. The fourth-order valence-corrected chi connectivity index (χ4v) is 1.72. The zero-order valence-electron chi connectivity index (χ0n) is 11.6. The number of methoxy groups -OCH3 is 2. The predicted octanol–water partition coefficient (Wildman–Crippen LogP) is 0.955. The number of hydrogen-bond acceptors (Lipinski definition) is 5. The maximum atomic E-state index is 11.4. The van der Waals surface area contributed by atoms with Crippen molar-refractivity contribution in [1.82, 2.24) is 5.32 Å². The van der Waals surface area contributed by atoms with E-state index in [0.29, 0.717) is 13.1 Å². The van der Waals surface area contributed by atoms with E-state index in [1.165, 1.54) is 7.11 Å². The number of aliphatic hydroxyl groups is 1. The fourth-order valence-electron chi connectivity index (χ4n) is 1.72. The Kier molecular flexibility index (Phi) is 6.32. The maximum absolute atomic E-state index is 11.4. The minimum Gasteiger partial charge on any atom is -0.497 e. The van der Waals surface area contributed by atoms with Gasteiger partial charge in [0.1, 0.15) is 5.75 Å². The molecule has 0 saturated heterocycles. The van der Waals surface area contributed by atoms with E-state index < -0.39 is 18.0 Å². The van der Waals surface area contributed by atoms with Crippen molar-refractivity contribution in [2.45, 2.75) is 19.6 Å². The van der Waals surface area contributed by atoms with E-state index in [1.807, 2.05) is 24.3 Å². The van der Waals surface area contributed by atoms with Crippen LogP contribution in [-0.4, -0.2) is 37.9 Å². The van der Waals surface area contributed by atoms with Gasteiger partial charge in [0.15, 0.2) is 0 Å². The minimum absolute atomic E-state index is 0.371. The first-order valence-corrected chi connectivity index (χ1v) is 6.18. The molecule has 0 aliphatic carbocycles. The van der Waals surface area contributed by atoms with Crippen molar-refractivity contribution in [3.8, 4) is 5.75 Å². The molecule has 0 saturated carbocycles. The second kappa shape index (κ2) is 7.76. The largest absolute Gasteiger partial charge is 0.497 e. The molecule has 1 rings (SSSR count). The molecule has 5 nitrogen and oxygen atoms in total. The van der Waals surface area contributed by atoms with Crippen LogP contribution in [0.25, 0.3) is 0 Å². The summed E-state index contributed by atoms with van der Waals surface area (Å²) in [4.78, 5) is 11.4. The molecule has 1 aromatic rings. The molecule has 0 fully saturated rings. The van der Waals surface area contributed by atoms with Crippen molar-refractivity contribution >= 4 is 5.97 Å². The molecule has 2 atom stereocenters. The summed E-state index contributed by atoms with van der Waals surface area (Å²) in [6.07, 6.45) is -0.740. The smallest absolute Gasteiger partial charge is 0.312 e. The number of ether oxygens (including phenoxy) is 2. The van der Waals surface area contributed by atoms with Crippen LogP contribution in [0.5, 0.6) is 5.75 Å². The van der Waals surface area contributed by atoms with Gasteiger partial charge in [-0.1, -0.05) is 12.1 Å². The third kappa shape index (κ3) is 4.89. The van der Waals surface area contributed by atoms with Crippen LogP contribution in [-0.2, 0) is 16.1 Å². The normalized spacial score (nSPS) is 13.7. The number of carbonyl (C=O) groups is 1. The average molecular weight is 267 g/mol. The Hall–Kier alpha value is -1.59. The molecular formula is C14H21NO4. The van der Waals surface area contributed by atoms with Gasteiger partial charge in [-0.25, -0.2) is 0 Å². The molecule has 5 heteroatoms. The summed E-state index contributed by atoms with van der Waals surface area (Å²) >= 11 is 0. The fraction of sp³-hybridized carbons (Fsp3) is 0.500. The highest BCUT2D eigenvalue weighted by atomic mass is 16.5. The lowest BCUT2D eigenvalue weighted by Gasteiger charge is -2.18. The van der Waals surface area contributed by atoms with Gasteiger partial charge in [0.2, 0.25) is 0 Å². The van der Waals surface area contributed by atoms with Crippen LogP contribution in [0.15, 0.2) is 24.3 Å². The zero-order valence-corrected chi connectivity index (χ0v) is 11.6. The molecule has 0 amide bonds. The molecule has 0 unspecified atom stereocenters. The number of aliphatic hydroxyl groups excluding tert-OH is 1. The van der Waals surface area contributed by atoms with Crippen LogP contribution in [0, 0.1) is 5.92 Å². The van der Waals surface area contributed by atoms with Gasteiger partial charge in [-0.15, -0.1) is 0 Å². The Balaban J connectivity index is 2.45. The average Bonchev–Trinajstić information content (AvgIpc) is 2.43. The van der Waals surface area contributed by atoms with Crippen molar-refractivity contribution < 1.29 is 19.4 Å². The summed E-state index contributed by atoms with van der Waals surface area (Å²) in [7, 11) is 2.94. The number of hydrogen-bond donors (Lipinski definition) is 2. The summed E-state index contributed by atoms with van der Waals surface area (Å²) in [5.41, 5.74) is 1.08. The Morgan fingerprint density at radius 2 is 1.95 bits per heavy atom. The van der Waals surface area contributed by atoms with E-state index in [0.717, 1.165) is 11.3 Å². The van der Waals surface area contributed by atoms with Crippen molar-refractivity contribution in [2.75, 3.05) is 20.8 Å². The summed E-state index contributed by atoms with van der Waals surface area (Å²) in [6.45, 7) is 2.57. The van der Waals surface area contributed by atoms with Crippen LogP contribution in [0.4, 0.5) is 0 Å². The van der Waals surface area contributed by atoms with E-state index in [-0.39, 0.29) is 0 Å². The predicted molar refractivity (Wildman–Crippen MR) is 71.9 cm³/mol. The molecule has 0 aliphatic rings. The lowest BCUT2D eigenvalue weighted by Crippen LogP contribution is -2.36. The second-order valence-corrected chi connectivity index (χ2v) is 4.35. The molecule has 0 aliphatic heterocycles. The van der Waals surface area contributed by atoms with Gasteiger partial charge in [0.25, 0.3) is 0 Å². The molecule has 0 aromatic heterocycles. The lowest BCUT2D eigenvalue weighted by atomic mass is 10.0. The van der Waals surface area contributed by atoms with Crippen molar-refractivity contribution in [2.24, 2.45) is 5.92 Å². The Bertz CT molecular complexity index is 389. The summed E-state index contributed by atoms with van der Waals surface area (Å²) in [5, 5.41) is 12.7. The van der Waals surface area contributed by atoms with Crippen molar-refractivity contribution in [1.29, 1.82) is 0 Å². The van der Waals surface area contributed by atoms with Gasteiger partial charge in [0.05, 0.1) is 26.2 Å². The first-order valence-electron chi connectivity index (χ1n) is 6.18. The standard InChI is InChI=1S/C14H21NO4/c1-10(16)13(14(17)19-3)9-15-8-11-4-6-12(18-2)7-5-11/h4-7,10,13,15-16H,8-9H2,1-3H3/t10-,13+/m0/s1. The van der Waals surface area contributed by atoms with Crippen LogP contribution in [0.3, 0.4) is 0 Å². The first kappa shape index (κ1) is 15.5. The quantitative estimate of drug-likeness (QED) is 0.720. The summed E-state index contributed by atoms with van der Waals surface area (Å²) in [5.74, 6) is -0.152. The van der Waals surface area contributed by atoms with E-state index in [1.54, 1.807) is 14.0 Å². The number of esters is 1. The third-order valence-corrected chi connectivity index (χ3v) is 2.94. The van der Waals surface area contributed by atoms with Gasteiger partial charge >= 0.3 is 5.97 Å². The van der Waals surface area contributed by atoms with E-state index in [2.05, 4.69) is 10.1 Å². The number of benzene rings is 1. The molecular weight excluding hydrogens is 246 g/mol. The monoisotopic (exact) mass is 267 g/mol. The molecule has 2 N–H and O–H groups in total. The molecule has 106 valence electrons. The summed E-state index contributed by atoms with van der Waals surface area (Å²) < 4.78 is 9.73. The number of rotatable bonds is 7. The first-order chi connectivity index (χ1) is 9.08. The van der Waals surface area contributed by atoms with Crippen LogP contribution < -0.4 is 10.1 Å². The summed E-state index contributed by atoms with van der Waals surface area (Å²) in [6, 6.07) is 7.65. The van der Waals surface area contributed by atoms with Crippen LogP contribution in [0.2, 0.25) is 0 Å². The number of nitrogens with one attached hydrogen (secondary N) is 1. The molecule has 0 radical (unpaired) electrons. The Labute approximate surface area is 113 Å². The third-order valence-electron chi connectivity index (χ3n) is 2.94. The molecule has 19 heavy (non-hydrogen) atoms. The van der Waals surface area contributed by atoms with E-state index in [4.69, 9.17) is 4.74 Å². The van der Waals surface area contributed by atoms with Crippen LogP contribution in [0.1, 0.15) is 12.5 Å². The minimum atomic E-state index is -0.740.